The molecule has 5 heteroatoms. The van der Waals surface area contributed by atoms with Gasteiger partial charge in [-0.05, 0) is 30.3 Å². The minimum Gasteiger partial charge on any atom is -0.496 e. The van der Waals surface area contributed by atoms with E-state index in [1.807, 2.05) is 0 Å². The number of hydrogen-bond acceptors (Lipinski definition) is 2. The van der Waals surface area contributed by atoms with E-state index in [4.69, 9.17) is 4.74 Å². The Balaban J connectivity index is 2.55. The Morgan fingerprint density at radius 2 is 1.79 bits per heavy atom. The lowest BCUT2D eigenvalue weighted by Gasteiger charge is -2.16. The summed E-state index contributed by atoms with van der Waals surface area (Å²) >= 11 is 3.25. The summed E-state index contributed by atoms with van der Waals surface area (Å²) in [5.74, 6) is -1.23. The molecule has 100 valence electrons. The molecule has 2 nitrogen and oxygen atoms in total. The van der Waals surface area contributed by atoms with Crippen LogP contribution in [0.25, 0.3) is 0 Å². The van der Waals surface area contributed by atoms with Gasteiger partial charge in [-0.2, -0.15) is 0 Å². The van der Waals surface area contributed by atoms with E-state index >= 15 is 0 Å². The Hall–Kier alpha value is -1.46. The third kappa shape index (κ3) is 2.77. The van der Waals surface area contributed by atoms with Gasteiger partial charge in [-0.3, -0.25) is 0 Å². The van der Waals surface area contributed by atoms with Crippen LogP contribution >= 0.6 is 15.9 Å². The molecule has 0 aliphatic carbocycles. The summed E-state index contributed by atoms with van der Waals surface area (Å²) in [5.41, 5.74) is -0.0974. The summed E-state index contributed by atoms with van der Waals surface area (Å²) in [6, 6.07) is 8.35. The van der Waals surface area contributed by atoms with E-state index in [1.54, 1.807) is 18.2 Å². The molecular weight excluding hydrogens is 318 g/mol. The number of rotatable bonds is 3. The van der Waals surface area contributed by atoms with Gasteiger partial charge in [0, 0.05) is 10.0 Å². The van der Waals surface area contributed by atoms with Gasteiger partial charge in [0.1, 0.15) is 23.5 Å². The summed E-state index contributed by atoms with van der Waals surface area (Å²) in [7, 11) is 1.43. The van der Waals surface area contributed by atoms with Crippen LogP contribution in [0.1, 0.15) is 17.2 Å². The fourth-order valence-electron chi connectivity index (χ4n) is 1.85. The molecule has 0 heterocycles. The molecule has 0 saturated carbocycles. The number of halogens is 3. The molecule has 2 aromatic rings. The molecule has 0 spiro atoms. The molecule has 1 unspecified atom stereocenters. The van der Waals surface area contributed by atoms with Crippen molar-refractivity contribution in [1.29, 1.82) is 0 Å². The van der Waals surface area contributed by atoms with Crippen LogP contribution in [0, 0.1) is 11.6 Å². The second-order valence-electron chi connectivity index (χ2n) is 3.92. The first kappa shape index (κ1) is 14.0. The molecule has 0 radical (unpaired) electrons. The van der Waals surface area contributed by atoms with Crippen LogP contribution in [0.3, 0.4) is 0 Å². The van der Waals surface area contributed by atoms with Crippen molar-refractivity contribution < 1.29 is 18.6 Å². The highest BCUT2D eigenvalue weighted by atomic mass is 79.9. The lowest BCUT2D eigenvalue weighted by Crippen LogP contribution is -2.07. The quantitative estimate of drug-likeness (QED) is 0.928. The van der Waals surface area contributed by atoms with Crippen LogP contribution in [0.15, 0.2) is 40.9 Å². The Labute approximate surface area is 117 Å². The van der Waals surface area contributed by atoms with Gasteiger partial charge in [0.25, 0.3) is 0 Å². The summed E-state index contributed by atoms with van der Waals surface area (Å²) in [5, 5.41) is 10.2. The van der Waals surface area contributed by atoms with E-state index < -0.39 is 17.7 Å². The second-order valence-corrected chi connectivity index (χ2v) is 4.84. The van der Waals surface area contributed by atoms with Gasteiger partial charge in [0.2, 0.25) is 0 Å². The Bertz CT molecular complexity index is 582. The first-order valence-corrected chi connectivity index (χ1v) is 6.29. The van der Waals surface area contributed by atoms with Crippen molar-refractivity contribution in [2.24, 2.45) is 0 Å². The van der Waals surface area contributed by atoms with E-state index in [-0.39, 0.29) is 5.56 Å². The van der Waals surface area contributed by atoms with E-state index in [2.05, 4.69) is 15.9 Å². The second kappa shape index (κ2) is 5.67. The number of aliphatic hydroxyl groups excluding tert-OH is 1. The molecule has 19 heavy (non-hydrogen) atoms. The van der Waals surface area contributed by atoms with Gasteiger partial charge < -0.3 is 9.84 Å². The zero-order valence-corrected chi connectivity index (χ0v) is 11.6. The third-order valence-electron chi connectivity index (χ3n) is 2.76. The van der Waals surface area contributed by atoms with Crippen LogP contribution in [-0.2, 0) is 0 Å². The maximum absolute atomic E-state index is 13.7. The number of aliphatic hydroxyl groups is 1. The van der Waals surface area contributed by atoms with Gasteiger partial charge >= 0.3 is 0 Å². The summed E-state index contributed by atoms with van der Waals surface area (Å²) in [4.78, 5) is 0. The highest BCUT2D eigenvalue weighted by molar-refractivity contribution is 9.10. The van der Waals surface area contributed by atoms with Crippen molar-refractivity contribution in [3.8, 4) is 5.75 Å². The van der Waals surface area contributed by atoms with Gasteiger partial charge in [0.05, 0.1) is 12.7 Å². The lowest BCUT2D eigenvalue weighted by molar-refractivity contribution is 0.204. The van der Waals surface area contributed by atoms with Crippen molar-refractivity contribution in [3.63, 3.8) is 0 Å². The molecule has 0 amide bonds. The smallest absolute Gasteiger partial charge is 0.132 e. The zero-order valence-electron chi connectivity index (χ0n) is 10.0. The summed E-state index contributed by atoms with van der Waals surface area (Å²) < 4.78 is 33.1. The topological polar surface area (TPSA) is 29.5 Å². The first-order valence-electron chi connectivity index (χ1n) is 5.50. The largest absolute Gasteiger partial charge is 0.496 e. The molecule has 0 bridgehead atoms. The third-order valence-corrected chi connectivity index (χ3v) is 3.25. The first-order chi connectivity index (χ1) is 9.04. The minimum atomic E-state index is -1.44. The number of ether oxygens (including phenoxy) is 1. The average Bonchev–Trinajstić information content (AvgIpc) is 2.38. The highest BCUT2D eigenvalue weighted by Gasteiger charge is 2.22. The number of methoxy groups -OCH3 is 1. The number of benzene rings is 2. The van der Waals surface area contributed by atoms with E-state index in [0.717, 1.165) is 12.1 Å². The van der Waals surface area contributed by atoms with Gasteiger partial charge in [0.15, 0.2) is 0 Å². The molecule has 0 aliphatic rings. The summed E-state index contributed by atoms with van der Waals surface area (Å²) in [6.07, 6.45) is -1.44. The van der Waals surface area contributed by atoms with Gasteiger partial charge in [-0.15, -0.1) is 0 Å². The number of hydrogen-bond donors (Lipinski definition) is 1. The molecule has 2 rings (SSSR count). The molecular formula is C14H11BrF2O2. The van der Waals surface area contributed by atoms with Crippen molar-refractivity contribution in [2.75, 3.05) is 7.11 Å². The minimum absolute atomic E-state index is 0.292. The van der Waals surface area contributed by atoms with Crippen LogP contribution in [0.2, 0.25) is 0 Å². The molecule has 2 aromatic carbocycles. The van der Waals surface area contributed by atoms with Crippen molar-refractivity contribution >= 4 is 15.9 Å². The Morgan fingerprint density at radius 1 is 1.16 bits per heavy atom. The van der Waals surface area contributed by atoms with E-state index in [0.29, 0.717) is 15.8 Å². The fraction of sp³-hybridized carbons (Fsp3) is 0.143. The maximum Gasteiger partial charge on any atom is 0.132 e. The lowest BCUT2D eigenvalue weighted by atomic mass is 9.99. The van der Waals surface area contributed by atoms with Gasteiger partial charge in [-0.25, -0.2) is 8.78 Å². The monoisotopic (exact) mass is 328 g/mol. The predicted molar refractivity (Wildman–Crippen MR) is 71.1 cm³/mol. The SMILES string of the molecule is COc1ccc(Br)cc1C(O)c1c(F)cccc1F. The van der Waals surface area contributed by atoms with Crippen molar-refractivity contribution in [1.82, 2.24) is 0 Å². The molecule has 0 saturated heterocycles. The average molecular weight is 329 g/mol. The molecule has 0 fully saturated rings. The van der Waals surface area contributed by atoms with E-state index in [9.17, 15) is 13.9 Å². The van der Waals surface area contributed by atoms with Crippen LogP contribution in [0.4, 0.5) is 8.78 Å². The van der Waals surface area contributed by atoms with Gasteiger partial charge in [-0.1, -0.05) is 22.0 Å². The van der Waals surface area contributed by atoms with Crippen LogP contribution < -0.4 is 4.74 Å². The Morgan fingerprint density at radius 3 is 2.37 bits per heavy atom. The van der Waals surface area contributed by atoms with Crippen molar-refractivity contribution in [2.45, 2.75) is 6.10 Å². The zero-order chi connectivity index (χ0) is 14.0. The molecule has 1 N–H and O–H groups in total. The normalized spacial score (nSPS) is 12.3. The molecule has 0 aromatic heterocycles. The maximum atomic E-state index is 13.7. The van der Waals surface area contributed by atoms with Crippen LogP contribution in [-0.4, -0.2) is 12.2 Å². The predicted octanol–water partition coefficient (Wildman–Crippen LogP) is 3.82. The molecule has 1 atom stereocenters. The summed E-state index contributed by atoms with van der Waals surface area (Å²) in [6.45, 7) is 0. The van der Waals surface area contributed by atoms with Crippen LogP contribution in [0.5, 0.6) is 5.75 Å². The highest BCUT2D eigenvalue weighted by Crippen LogP contribution is 2.34. The van der Waals surface area contributed by atoms with E-state index in [1.165, 1.54) is 13.2 Å². The standard InChI is InChI=1S/C14H11BrF2O2/c1-19-12-6-5-8(15)7-9(12)14(18)13-10(16)3-2-4-11(13)17/h2-7,14,18H,1H3. The molecule has 0 aliphatic heterocycles. The van der Waals surface area contributed by atoms with Crippen molar-refractivity contribution in [3.05, 3.63) is 63.6 Å². The fourth-order valence-corrected chi connectivity index (χ4v) is 2.23. The Kier molecular flexibility index (Phi) is 4.17.